The summed E-state index contributed by atoms with van der Waals surface area (Å²) in [5.41, 5.74) is 1.27. The maximum absolute atomic E-state index is 15.3. The van der Waals surface area contributed by atoms with Crippen LogP contribution in [0.2, 0.25) is 13.1 Å². The molecule has 2 atom stereocenters. The molecule has 78 heavy (non-hydrogen) atoms. The Kier molecular flexibility index (Phi) is 14.1. The SMILES string of the molecule is C[Si]1=C(c2cccc(C(F)(F)F)c2)C(c2ccccc2)=C(c2ccccc2)C1(CCC1(c2cccc(C(F)(F)F)c2)C(c2ccccc2)=C(c2ccccc2)C(c2cccc(C(F)(F)F)c2)=[Si]1C)c1cccc(C(F)(F)F)c1. The fourth-order valence-corrected chi connectivity index (χ4v) is 18.8. The summed E-state index contributed by atoms with van der Waals surface area (Å²) in [7, 11) is -5.20. The van der Waals surface area contributed by atoms with Gasteiger partial charge < -0.3 is 0 Å². The van der Waals surface area contributed by atoms with Gasteiger partial charge in [0.25, 0.3) is 0 Å². The highest BCUT2D eigenvalue weighted by Crippen LogP contribution is 2.59. The van der Waals surface area contributed by atoms with Crippen LogP contribution in [0, 0.1) is 0 Å². The van der Waals surface area contributed by atoms with Gasteiger partial charge in [0.1, 0.15) is 0 Å². The molecule has 0 spiro atoms. The topological polar surface area (TPSA) is 0 Å². The van der Waals surface area contributed by atoms with E-state index in [9.17, 15) is 26.3 Å². The molecule has 8 aromatic rings. The second-order valence-electron chi connectivity index (χ2n) is 19.6. The lowest BCUT2D eigenvalue weighted by Crippen LogP contribution is -2.43. The summed E-state index contributed by atoms with van der Waals surface area (Å²) < 4.78 is 181. The van der Waals surface area contributed by atoms with Crippen molar-refractivity contribution < 1.29 is 52.7 Å². The molecule has 0 saturated carbocycles. The average Bonchev–Trinajstić information content (AvgIpc) is 3.90. The fraction of sp³-hybridized carbons (Fsp3) is 0.156. The van der Waals surface area contributed by atoms with Crippen LogP contribution in [0.4, 0.5) is 52.7 Å². The number of benzene rings is 8. The third kappa shape index (κ3) is 9.71. The summed E-state index contributed by atoms with van der Waals surface area (Å²) >= 11 is 0. The molecule has 0 fully saturated rings. The van der Waals surface area contributed by atoms with Gasteiger partial charge in [0.15, 0.2) is 0 Å². The molecule has 0 N–H and O–H groups in total. The highest BCUT2D eigenvalue weighted by Gasteiger charge is 2.54. The quantitative estimate of drug-likeness (QED) is 0.0894. The zero-order valence-corrected chi connectivity index (χ0v) is 43.7. The molecule has 8 aromatic carbocycles. The summed E-state index contributed by atoms with van der Waals surface area (Å²) in [6.07, 6.45) is -19.5. The highest BCUT2D eigenvalue weighted by atomic mass is 28.2. The minimum atomic E-state index is -4.87. The number of allylic oxidation sites excluding steroid dienone is 4. The Morgan fingerprint density at radius 2 is 0.551 bits per heavy atom. The molecule has 0 aromatic heterocycles. The smallest absolute Gasteiger partial charge is 0.166 e. The van der Waals surface area contributed by atoms with Gasteiger partial charge in [-0.25, -0.2) is 0 Å². The van der Waals surface area contributed by atoms with Crippen LogP contribution in [0.5, 0.6) is 0 Å². The van der Waals surface area contributed by atoms with Crippen LogP contribution in [0.15, 0.2) is 218 Å². The number of hydrogen-bond acceptors (Lipinski definition) is 0. The van der Waals surface area contributed by atoms with E-state index in [1.807, 2.05) is 13.1 Å². The molecule has 0 nitrogen and oxygen atoms in total. The van der Waals surface area contributed by atoms with Crippen LogP contribution in [0.1, 0.15) is 79.6 Å². The van der Waals surface area contributed by atoms with E-state index in [0.717, 1.165) is 48.5 Å². The summed E-state index contributed by atoms with van der Waals surface area (Å²) in [6, 6.07) is 55.2. The lowest BCUT2D eigenvalue weighted by Gasteiger charge is -2.42. The fourth-order valence-electron chi connectivity index (χ4n) is 12.0. The van der Waals surface area contributed by atoms with Crippen molar-refractivity contribution in [3.05, 3.63) is 285 Å². The third-order valence-electron chi connectivity index (χ3n) is 15.3. The van der Waals surface area contributed by atoms with E-state index in [1.165, 1.54) is 24.3 Å². The Bertz CT molecular complexity index is 3440. The number of halogens is 12. The molecule has 394 valence electrons. The molecule has 14 heteroatoms. The van der Waals surface area contributed by atoms with E-state index in [0.29, 0.717) is 54.9 Å². The van der Waals surface area contributed by atoms with Crippen LogP contribution in [-0.2, 0) is 34.8 Å². The van der Waals surface area contributed by atoms with Crippen molar-refractivity contribution in [1.29, 1.82) is 0 Å². The molecule has 2 aliphatic rings. The average molecular weight is 1100 g/mol. The molecule has 0 aliphatic carbocycles. The molecule has 0 radical (unpaired) electrons. The van der Waals surface area contributed by atoms with Gasteiger partial charge in [-0.1, -0.05) is 195 Å². The second-order valence-corrected chi connectivity index (χ2v) is 24.8. The van der Waals surface area contributed by atoms with Crippen molar-refractivity contribution in [2.24, 2.45) is 0 Å². The first-order valence-corrected chi connectivity index (χ1v) is 28.9. The van der Waals surface area contributed by atoms with Gasteiger partial charge in [-0.15, -0.1) is 0 Å². The molecular formula is C64H46F12Si2. The van der Waals surface area contributed by atoms with Gasteiger partial charge in [0, 0.05) is 26.9 Å². The van der Waals surface area contributed by atoms with Crippen LogP contribution in [0.3, 0.4) is 0 Å². The second kappa shape index (κ2) is 20.4. The zero-order valence-electron chi connectivity index (χ0n) is 41.7. The Hall–Kier alpha value is -7.43. The number of hydrogen-bond donors (Lipinski definition) is 0. The van der Waals surface area contributed by atoms with E-state index >= 15 is 26.3 Å². The predicted octanol–water partition coefficient (Wildman–Crippen LogP) is 17.9. The maximum atomic E-state index is 15.3. The summed E-state index contributed by atoms with van der Waals surface area (Å²) in [5.74, 6) is 0. The zero-order chi connectivity index (χ0) is 55.4. The van der Waals surface area contributed by atoms with Gasteiger partial charge in [0.2, 0.25) is 0 Å². The largest absolute Gasteiger partial charge is 0.416 e. The van der Waals surface area contributed by atoms with Crippen LogP contribution >= 0.6 is 0 Å². The van der Waals surface area contributed by atoms with Crippen molar-refractivity contribution >= 4 is 49.4 Å². The molecule has 2 heterocycles. The summed E-state index contributed by atoms with van der Waals surface area (Å²) in [6.45, 7) is 3.76. The Morgan fingerprint density at radius 3 is 0.846 bits per heavy atom. The van der Waals surface area contributed by atoms with E-state index in [-0.39, 0.29) is 35.1 Å². The normalized spacial score (nSPS) is 18.4. The first-order valence-electron chi connectivity index (χ1n) is 24.9. The van der Waals surface area contributed by atoms with Crippen molar-refractivity contribution in [2.75, 3.05) is 0 Å². The minimum Gasteiger partial charge on any atom is -0.166 e. The van der Waals surface area contributed by atoms with Gasteiger partial charge in [-0.3, -0.25) is 0 Å². The lowest BCUT2D eigenvalue weighted by molar-refractivity contribution is -0.138. The standard InChI is InChI=1S/C64H46F12Si2/c1-77-57(45-27-15-31-49(37-45)61(65,66)67)53(41-19-7-3-8-20-41)55(43-23-11-5-12-24-43)59(77,47-29-17-33-51(39-47)63(71,72)73)35-36-60(48-30-18-34-52(40-48)64(74,75)76)56(44-25-13-6-14-26-44)54(42-21-9-4-10-22-42)58(78(60)2)46-28-16-32-50(38-46)62(68,69)70/h3-34,37-40H,35-36H2,1-2H3. The molecule has 0 bridgehead atoms. The van der Waals surface area contributed by atoms with Crippen LogP contribution in [-0.4, -0.2) is 27.2 Å². The van der Waals surface area contributed by atoms with Crippen molar-refractivity contribution in [3.63, 3.8) is 0 Å². The molecule has 10 rings (SSSR count). The van der Waals surface area contributed by atoms with E-state index in [2.05, 4.69) is 0 Å². The highest BCUT2D eigenvalue weighted by molar-refractivity contribution is 6.89. The first-order chi connectivity index (χ1) is 37.0. The monoisotopic (exact) mass is 1100 g/mol. The number of alkyl halides is 12. The van der Waals surface area contributed by atoms with Crippen molar-refractivity contribution in [1.82, 2.24) is 0 Å². The van der Waals surface area contributed by atoms with Crippen molar-refractivity contribution in [2.45, 2.75) is 60.7 Å². The summed E-state index contributed by atoms with van der Waals surface area (Å²) in [5, 5.41) is -2.08. The Labute approximate surface area is 446 Å². The first kappa shape index (κ1) is 54.0. The van der Waals surface area contributed by atoms with Gasteiger partial charge >= 0.3 is 24.7 Å². The van der Waals surface area contributed by atoms with Crippen LogP contribution < -0.4 is 0 Å². The minimum absolute atomic E-state index is 0.103. The maximum Gasteiger partial charge on any atom is 0.416 e. The Balaban J connectivity index is 1.40. The van der Waals surface area contributed by atoms with E-state index in [1.54, 1.807) is 146 Å². The molecule has 2 unspecified atom stereocenters. The molecule has 0 amide bonds. The molecule has 2 aliphatic heterocycles. The third-order valence-corrected chi connectivity index (χ3v) is 22.0. The van der Waals surface area contributed by atoms with Gasteiger partial charge in [-0.2, -0.15) is 52.7 Å². The Morgan fingerprint density at radius 1 is 0.295 bits per heavy atom. The predicted molar refractivity (Wildman–Crippen MR) is 289 cm³/mol. The van der Waals surface area contributed by atoms with Gasteiger partial charge in [-0.05, 0) is 126 Å². The van der Waals surface area contributed by atoms with Crippen molar-refractivity contribution in [3.8, 4) is 0 Å². The van der Waals surface area contributed by atoms with E-state index < -0.39 is 73.9 Å². The van der Waals surface area contributed by atoms with E-state index in [4.69, 9.17) is 0 Å². The molecule has 0 saturated heterocycles. The van der Waals surface area contributed by atoms with Crippen LogP contribution in [0.25, 0.3) is 22.3 Å². The molecular weight excluding hydrogens is 1050 g/mol. The summed E-state index contributed by atoms with van der Waals surface area (Å²) in [4.78, 5) is 0. The van der Waals surface area contributed by atoms with Gasteiger partial charge in [0.05, 0.1) is 22.3 Å². The number of rotatable bonds is 11. The lowest BCUT2D eigenvalue weighted by atomic mass is 9.72.